The van der Waals surface area contributed by atoms with Gasteiger partial charge in [0, 0.05) is 12.2 Å². The third-order valence-electron chi connectivity index (χ3n) is 0.349. The Bertz CT molecular complexity index is 149. The fraction of sp³-hybridized carbons (Fsp3) is 0. The number of carbonyl (C=O) groups is 2. The van der Waals surface area contributed by atoms with Crippen LogP contribution in [0, 0.1) is 0 Å². The quantitative estimate of drug-likeness (QED) is 0.518. The van der Waals surface area contributed by atoms with E-state index in [1.54, 1.807) is 0 Å². The number of carboxylic acid groups (broad SMARTS) is 2. The molecule has 0 aromatic heterocycles. The van der Waals surface area contributed by atoms with Gasteiger partial charge in [-0.05, 0) is 0 Å². The maximum atomic E-state index is 9.25. The summed E-state index contributed by atoms with van der Waals surface area (Å²) < 4.78 is 0. The molecule has 0 aliphatic carbocycles. The van der Waals surface area contributed by atoms with Crippen LogP contribution in [0.2, 0.25) is 0 Å². The Morgan fingerprint density at radius 3 is 1.17 bits per heavy atom. The molecule has 0 amide bonds. The molecule has 0 aromatic rings. The Balaban J connectivity index is -0.000000112. The number of carboxylic acids is 2. The van der Waals surface area contributed by atoms with Gasteiger partial charge in [0.1, 0.15) is 0 Å². The molecular formula is C6H10O4Se2. The molecule has 0 atom stereocenters. The van der Waals surface area contributed by atoms with Crippen LogP contribution in [0.15, 0.2) is 25.3 Å². The van der Waals surface area contributed by atoms with Gasteiger partial charge in [-0.2, -0.15) is 0 Å². The van der Waals surface area contributed by atoms with Crippen molar-refractivity contribution >= 4 is 39.2 Å². The summed E-state index contributed by atoms with van der Waals surface area (Å²) in [5, 5.41) is 15.2. The predicted octanol–water partition coefficient (Wildman–Crippen LogP) is -0.783. The fourth-order valence-corrected chi connectivity index (χ4v) is 0. The van der Waals surface area contributed by atoms with Crippen molar-refractivity contribution in [2.75, 3.05) is 0 Å². The van der Waals surface area contributed by atoms with E-state index in [0.717, 1.165) is 12.2 Å². The molecule has 0 fully saturated rings. The predicted molar refractivity (Wildman–Crippen MR) is 50.0 cm³/mol. The van der Waals surface area contributed by atoms with Gasteiger partial charge < -0.3 is 10.2 Å². The van der Waals surface area contributed by atoms with Crippen LogP contribution in [-0.2, 0) is 9.59 Å². The van der Waals surface area contributed by atoms with Crippen LogP contribution in [0.5, 0.6) is 0 Å². The van der Waals surface area contributed by atoms with Crippen LogP contribution in [0.25, 0.3) is 0 Å². The first-order chi connectivity index (χ1) is 5.54. The Morgan fingerprint density at radius 2 is 1.17 bits per heavy atom. The number of aliphatic carboxylic acids is 2. The van der Waals surface area contributed by atoms with Crippen LogP contribution < -0.4 is 0 Å². The molecule has 0 aliphatic heterocycles. The molecule has 2 N–H and O–H groups in total. The summed E-state index contributed by atoms with van der Waals surface area (Å²) in [6.45, 7) is 5.92. The van der Waals surface area contributed by atoms with E-state index in [9.17, 15) is 9.59 Å². The van der Waals surface area contributed by atoms with E-state index >= 15 is 0 Å². The van der Waals surface area contributed by atoms with E-state index < -0.39 is 11.9 Å². The molecule has 0 aromatic carbocycles. The first-order valence-electron chi connectivity index (χ1n) is 2.45. The average molecular weight is 304 g/mol. The molecule has 0 aliphatic rings. The molecule has 0 bridgehead atoms. The van der Waals surface area contributed by atoms with Gasteiger partial charge in [-0.25, -0.2) is 9.59 Å². The van der Waals surface area contributed by atoms with Gasteiger partial charge in [-0.3, -0.25) is 0 Å². The van der Waals surface area contributed by atoms with Gasteiger partial charge in [0.2, 0.25) is 0 Å². The minimum atomic E-state index is -0.981. The van der Waals surface area contributed by atoms with Gasteiger partial charge >= 0.3 is 39.2 Å². The summed E-state index contributed by atoms with van der Waals surface area (Å²) in [5.74, 6) is -1.96. The molecule has 6 heteroatoms. The second-order valence-corrected chi connectivity index (χ2v) is 1.08. The molecule has 4 nitrogen and oxygen atoms in total. The molecule has 0 saturated heterocycles. The Morgan fingerprint density at radius 1 is 1.08 bits per heavy atom. The molecule has 70 valence electrons. The third kappa shape index (κ3) is 56.6. The van der Waals surface area contributed by atoms with E-state index in [-0.39, 0.29) is 0 Å². The Hall–Kier alpha value is -0.541. The van der Waals surface area contributed by atoms with Crippen molar-refractivity contribution < 1.29 is 19.8 Å². The summed E-state index contributed by atoms with van der Waals surface area (Å²) >= 11 is 4.50. The Labute approximate surface area is 84.5 Å². The van der Waals surface area contributed by atoms with Crippen molar-refractivity contribution in [3.8, 4) is 0 Å². The molecule has 0 saturated carbocycles. The molecule has 0 rings (SSSR count). The van der Waals surface area contributed by atoms with Gasteiger partial charge in [0.15, 0.2) is 0 Å². The fourth-order valence-electron chi connectivity index (χ4n) is 0. The van der Waals surface area contributed by atoms with Crippen LogP contribution in [0.3, 0.4) is 0 Å². The molecule has 0 unspecified atom stereocenters. The van der Waals surface area contributed by atoms with E-state index in [4.69, 9.17) is 10.2 Å². The summed E-state index contributed by atoms with van der Waals surface area (Å²) in [6.07, 6.45) is 1.67. The monoisotopic (exact) mass is 306 g/mol. The van der Waals surface area contributed by atoms with Crippen molar-refractivity contribution in [3.63, 3.8) is 0 Å². The second-order valence-electron chi connectivity index (χ2n) is 1.08. The molecule has 12 heavy (non-hydrogen) atoms. The van der Waals surface area contributed by atoms with Gasteiger partial charge in [0.05, 0.1) is 0 Å². The number of hydrogen-bond donors (Lipinski definition) is 2. The van der Waals surface area contributed by atoms with E-state index in [0.29, 0.717) is 0 Å². The zero-order valence-electron chi connectivity index (χ0n) is 6.19. The molecule has 0 heterocycles. The molecule has 0 spiro atoms. The normalized spacial score (nSPS) is 5.75. The van der Waals surface area contributed by atoms with Crippen LogP contribution in [-0.4, -0.2) is 49.5 Å². The van der Waals surface area contributed by atoms with Crippen LogP contribution in [0.1, 0.15) is 0 Å². The zero-order chi connectivity index (χ0) is 10.6. The second kappa shape index (κ2) is 16.8. The van der Waals surface area contributed by atoms with E-state index in [1.807, 2.05) is 13.7 Å². The van der Waals surface area contributed by atoms with Crippen molar-refractivity contribution in [2.24, 2.45) is 0 Å². The van der Waals surface area contributed by atoms with Gasteiger partial charge in [-0.1, -0.05) is 13.2 Å². The first kappa shape index (κ1) is 17.5. The maximum absolute atomic E-state index is 9.25. The van der Waals surface area contributed by atoms with E-state index in [2.05, 4.69) is 26.8 Å². The van der Waals surface area contributed by atoms with Crippen molar-refractivity contribution in [1.29, 1.82) is 0 Å². The SMILES string of the molecule is C=CC(=O)O.C=CC(=O)O.[Se]=[SeH2]. The first-order valence-corrected chi connectivity index (χ1v) is 7.76. The van der Waals surface area contributed by atoms with Crippen LogP contribution >= 0.6 is 0 Å². The topological polar surface area (TPSA) is 74.6 Å². The van der Waals surface area contributed by atoms with Gasteiger partial charge in [-0.15, -0.1) is 0 Å². The van der Waals surface area contributed by atoms with Crippen molar-refractivity contribution in [1.82, 2.24) is 0 Å². The average Bonchev–Trinajstić information content (AvgIpc) is 2.09. The number of hydrogen-bond acceptors (Lipinski definition) is 2. The third-order valence-corrected chi connectivity index (χ3v) is 0.349. The summed E-state index contributed by atoms with van der Waals surface area (Å²) in [6, 6.07) is 0. The Kier molecular flexibility index (Phi) is 24.6. The van der Waals surface area contributed by atoms with Crippen molar-refractivity contribution in [2.45, 2.75) is 0 Å². The standard InChI is InChI=1S/2C3H4O2.H2Se2/c2*1-2-3(4)5;1-2/h2*2H,1H2,(H,4,5);1H2. The van der Waals surface area contributed by atoms with Crippen molar-refractivity contribution in [3.05, 3.63) is 25.3 Å². The summed E-state index contributed by atoms with van der Waals surface area (Å²) in [5.41, 5.74) is 0. The molecular weight excluding hydrogens is 294 g/mol. The van der Waals surface area contributed by atoms with Crippen LogP contribution in [0.4, 0.5) is 0 Å². The minimum absolute atomic E-state index is 0.833. The summed E-state index contributed by atoms with van der Waals surface area (Å²) in [7, 11) is 0. The summed E-state index contributed by atoms with van der Waals surface area (Å²) in [4.78, 5) is 18.5. The number of rotatable bonds is 2. The van der Waals surface area contributed by atoms with E-state index in [1.165, 1.54) is 0 Å². The molecule has 0 radical (unpaired) electrons. The zero-order valence-corrected chi connectivity index (χ0v) is 10.00. The van der Waals surface area contributed by atoms with Gasteiger partial charge in [0.25, 0.3) is 0 Å².